The largest absolute Gasteiger partial charge is 0.385 e. The molecule has 0 fully saturated rings. The molecule has 3 N–H and O–H groups in total. The molecule has 1 atom stereocenters. The lowest BCUT2D eigenvalue weighted by Crippen LogP contribution is -2.38. The average Bonchev–Trinajstić information content (AvgIpc) is 2.29. The third-order valence-electron chi connectivity index (χ3n) is 1.86. The van der Waals surface area contributed by atoms with Crippen LogP contribution in [-0.2, 0) is 0 Å². The third-order valence-corrected chi connectivity index (χ3v) is 1.86. The fourth-order valence-electron chi connectivity index (χ4n) is 0.995. The van der Waals surface area contributed by atoms with Crippen LogP contribution in [0.15, 0.2) is 24.3 Å². The van der Waals surface area contributed by atoms with Crippen molar-refractivity contribution in [3.63, 3.8) is 0 Å². The molecule has 1 unspecified atom stereocenters. The number of halogens is 3. The summed E-state index contributed by atoms with van der Waals surface area (Å²) in [6, 6.07) is 4.17. The van der Waals surface area contributed by atoms with Crippen LogP contribution in [0.5, 0.6) is 0 Å². The number of amides is 2. The third kappa shape index (κ3) is 4.73. The molecule has 0 radical (unpaired) electrons. The second-order valence-electron chi connectivity index (χ2n) is 3.24. The monoisotopic (exact) mass is 248 g/mol. The van der Waals surface area contributed by atoms with Crippen LogP contribution in [0, 0.1) is 5.82 Å². The Hall–Kier alpha value is -1.76. The van der Waals surface area contributed by atoms with E-state index in [1.165, 1.54) is 12.1 Å². The summed E-state index contributed by atoms with van der Waals surface area (Å²) in [7, 11) is 0. The van der Waals surface area contributed by atoms with Crippen molar-refractivity contribution in [1.29, 1.82) is 0 Å². The first-order valence-corrected chi connectivity index (χ1v) is 4.75. The van der Waals surface area contributed by atoms with Crippen LogP contribution in [0.25, 0.3) is 0 Å². The number of anilines is 1. The van der Waals surface area contributed by atoms with Gasteiger partial charge in [0.2, 0.25) is 0 Å². The van der Waals surface area contributed by atoms with Crippen molar-refractivity contribution in [3.05, 3.63) is 30.1 Å². The van der Waals surface area contributed by atoms with Crippen LogP contribution in [0.3, 0.4) is 0 Å². The zero-order chi connectivity index (χ0) is 12.8. The second kappa shape index (κ2) is 6.09. The number of benzene rings is 1. The highest BCUT2D eigenvalue weighted by molar-refractivity contribution is 5.89. The lowest BCUT2D eigenvalue weighted by Gasteiger charge is -2.11. The van der Waals surface area contributed by atoms with Gasteiger partial charge in [0.15, 0.2) is 0 Å². The van der Waals surface area contributed by atoms with Gasteiger partial charge in [0.25, 0.3) is 6.43 Å². The summed E-state index contributed by atoms with van der Waals surface area (Å²) in [5.41, 5.74) is 0.315. The first kappa shape index (κ1) is 13.3. The van der Waals surface area contributed by atoms with E-state index < -0.39 is 30.9 Å². The molecule has 0 saturated carbocycles. The van der Waals surface area contributed by atoms with Gasteiger partial charge in [0, 0.05) is 5.69 Å². The van der Waals surface area contributed by atoms with Crippen molar-refractivity contribution in [2.75, 3.05) is 11.9 Å². The number of aliphatic hydroxyl groups is 1. The molecule has 94 valence electrons. The zero-order valence-corrected chi connectivity index (χ0v) is 8.66. The molecule has 2 amide bonds. The molecule has 0 aliphatic rings. The first-order valence-electron chi connectivity index (χ1n) is 4.75. The highest BCUT2D eigenvalue weighted by Crippen LogP contribution is 2.07. The Labute approximate surface area is 95.4 Å². The number of aliphatic hydroxyl groups excluding tert-OH is 1. The predicted molar refractivity (Wildman–Crippen MR) is 55.4 cm³/mol. The van der Waals surface area contributed by atoms with Crippen molar-refractivity contribution >= 4 is 11.7 Å². The van der Waals surface area contributed by atoms with E-state index in [0.717, 1.165) is 12.1 Å². The molecule has 1 aromatic rings. The topological polar surface area (TPSA) is 61.4 Å². The van der Waals surface area contributed by atoms with Gasteiger partial charge in [-0.1, -0.05) is 0 Å². The Morgan fingerprint density at radius 2 is 1.88 bits per heavy atom. The number of hydrogen-bond acceptors (Lipinski definition) is 2. The number of alkyl halides is 2. The van der Waals surface area contributed by atoms with Crippen LogP contribution in [0.2, 0.25) is 0 Å². The molecular formula is C10H11F3N2O2. The van der Waals surface area contributed by atoms with E-state index in [2.05, 4.69) is 10.6 Å². The van der Waals surface area contributed by atoms with E-state index in [9.17, 15) is 18.0 Å². The quantitative estimate of drug-likeness (QED) is 0.757. The highest BCUT2D eigenvalue weighted by Gasteiger charge is 2.17. The molecule has 0 aliphatic carbocycles. The van der Waals surface area contributed by atoms with Crippen LogP contribution >= 0.6 is 0 Å². The highest BCUT2D eigenvalue weighted by atomic mass is 19.3. The van der Waals surface area contributed by atoms with E-state index in [1.807, 2.05) is 0 Å². The van der Waals surface area contributed by atoms with Gasteiger partial charge in [-0.3, -0.25) is 0 Å². The van der Waals surface area contributed by atoms with E-state index in [4.69, 9.17) is 5.11 Å². The average molecular weight is 248 g/mol. The first-order chi connectivity index (χ1) is 7.99. The predicted octanol–water partition coefficient (Wildman–Crippen LogP) is 1.57. The Bertz CT molecular complexity index is 370. The standard InChI is InChI=1S/C10H11F3N2O2/c11-6-1-3-7(4-2-6)15-10(17)14-5-8(16)9(12)13/h1-4,8-9,16H,5H2,(H2,14,15,17). The maximum absolute atomic E-state index is 12.5. The lowest BCUT2D eigenvalue weighted by atomic mass is 10.3. The summed E-state index contributed by atoms with van der Waals surface area (Å²) < 4.78 is 36.3. The molecule has 0 heterocycles. The van der Waals surface area contributed by atoms with Gasteiger partial charge in [-0.15, -0.1) is 0 Å². The molecule has 1 rings (SSSR count). The van der Waals surface area contributed by atoms with Gasteiger partial charge >= 0.3 is 6.03 Å². The van der Waals surface area contributed by atoms with E-state index in [1.54, 1.807) is 0 Å². The van der Waals surface area contributed by atoms with Crippen molar-refractivity contribution in [1.82, 2.24) is 5.32 Å². The minimum Gasteiger partial charge on any atom is -0.385 e. The number of urea groups is 1. The van der Waals surface area contributed by atoms with Gasteiger partial charge in [0.05, 0.1) is 6.54 Å². The van der Waals surface area contributed by atoms with Crippen molar-refractivity contribution in [2.45, 2.75) is 12.5 Å². The van der Waals surface area contributed by atoms with Crippen molar-refractivity contribution in [2.24, 2.45) is 0 Å². The normalized spacial score (nSPS) is 12.3. The van der Waals surface area contributed by atoms with Gasteiger partial charge in [0.1, 0.15) is 11.9 Å². The summed E-state index contributed by atoms with van der Waals surface area (Å²) in [5, 5.41) is 13.1. The maximum atomic E-state index is 12.5. The Balaban J connectivity index is 2.37. The summed E-state index contributed by atoms with van der Waals surface area (Å²) >= 11 is 0. The molecule has 0 spiro atoms. The number of carbonyl (C=O) groups is 1. The van der Waals surface area contributed by atoms with Crippen LogP contribution in [-0.4, -0.2) is 30.2 Å². The maximum Gasteiger partial charge on any atom is 0.319 e. The zero-order valence-electron chi connectivity index (χ0n) is 8.66. The summed E-state index contributed by atoms with van der Waals surface area (Å²) in [4.78, 5) is 11.2. The molecule has 0 aliphatic heterocycles. The Morgan fingerprint density at radius 1 is 1.29 bits per heavy atom. The molecule has 0 saturated heterocycles. The fourth-order valence-corrected chi connectivity index (χ4v) is 0.995. The van der Waals surface area contributed by atoms with Gasteiger partial charge < -0.3 is 15.7 Å². The summed E-state index contributed by atoms with van der Waals surface area (Å²) in [6.07, 6.45) is -4.82. The molecule has 17 heavy (non-hydrogen) atoms. The number of carbonyl (C=O) groups excluding carboxylic acids is 1. The van der Waals surface area contributed by atoms with E-state index >= 15 is 0 Å². The molecule has 0 bridgehead atoms. The van der Waals surface area contributed by atoms with Crippen molar-refractivity contribution in [3.8, 4) is 0 Å². The van der Waals surface area contributed by atoms with Gasteiger partial charge in [-0.2, -0.15) is 0 Å². The van der Waals surface area contributed by atoms with Crippen LogP contribution in [0.1, 0.15) is 0 Å². The Morgan fingerprint density at radius 3 is 2.41 bits per heavy atom. The summed E-state index contributed by atoms with van der Waals surface area (Å²) in [5.74, 6) is -0.455. The lowest BCUT2D eigenvalue weighted by molar-refractivity contribution is -0.00155. The number of rotatable bonds is 4. The molecule has 4 nitrogen and oxygen atoms in total. The molecule has 0 aromatic heterocycles. The second-order valence-corrected chi connectivity index (χ2v) is 3.24. The molecule has 7 heteroatoms. The Kier molecular flexibility index (Phi) is 4.77. The van der Waals surface area contributed by atoms with Gasteiger partial charge in [-0.25, -0.2) is 18.0 Å². The van der Waals surface area contributed by atoms with Gasteiger partial charge in [-0.05, 0) is 24.3 Å². The van der Waals surface area contributed by atoms with Crippen LogP contribution < -0.4 is 10.6 Å². The van der Waals surface area contributed by atoms with E-state index in [-0.39, 0.29) is 0 Å². The summed E-state index contributed by atoms with van der Waals surface area (Å²) in [6.45, 7) is -0.565. The number of hydrogen-bond donors (Lipinski definition) is 3. The number of nitrogens with one attached hydrogen (secondary N) is 2. The van der Waals surface area contributed by atoms with Crippen LogP contribution in [0.4, 0.5) is 23.7 Å². The minimum absolute atomic E-state index is 0.315. The SMILES string of the molecule is O=C(NCC(O)C(F)F)Nc1ccc(F)cc1. The molecule has 1 aromatic carbocycles. The smallest absolute Gasteiger partial charge is 0.319 e. The fraction of sp³-hybridized carbons (Fsp3) is 0.300. The van der Waals surface area contributed by atoms with Crippen molar-refractivity contribution < 1.29 is 23.1 Å². The van der Waals surface area contributed by atoms with E-state index in [0.29, 0.717) is 5.69 Å². The minimum atomic E-state index is -2.92. The molecular weight excluding hydrogens is 237 g/mol.